The number of aryl methyl sites for hydroxylation is 1. The zero-order chi connectivity index (χ0) is 13.1. The van der Waals surface area contributed by atoms with Gasteiger partial charge in [0.05, 0.1) is 16.4 Å². The highest BCUT2D eigenvalue weighted by Crippen LogP contribution is 2.34. The van der Waals surface area contributed by atoms with E-state index in [1.54, 1.807) is 6.20 Å². The van der Waals surface area contributed by atoms with E-state index >= 15 is 0 Å². The number of aliphatic hydroxyl groups excluding tert-OH is 1. The summed E-state index contributed by atoms with van der Waals surface area (Å²) in [6.07, 6.45) is 1.17. The average molecular weight is 309 g/mol. The molecule has 4 heteroatoms. The lowest BCUT2D eigenvalue weighted by molar-refractivity contribution is 0.140. The molecule has 18 heavy (non-hydrogen) atoms. The fraction of sp³-hybridized carbons (Fsp3) is 0.357. The van der Waals surface area contributed by atoms with Gasteiger partial charge in [-0.25, -0.2) is 0 Å². The molecule has 1 aromatic heterocycles. The summed E-state index contributed by atoms with van der Waals surface area (Å²) >= 11 is 3.46. The molecule has 0 radical (unpaired) electrons. The van der Waals surface area contributed by atoms with Crippen LogP contribution in [0.4, 0.5) is 0 Å². The van der Waals surface area contributed by atoms with Crippen LogP contribution in [0.3, 0.4) is 0 Å². The molecule has 0 spiro atoms. The fourth-order valence-corrected chi connectivity index (χ4v) is 2.62. The maximum Gasteiger partial charge on any atom is 0.103 e. The number of aliphatic hydroxyl groups is 1. The smallest absolute Gasteiger partial charge is 0.103 e. The molecule has 1 N–H and O–H groups in total. The molecule has 0 amide bonds. The van der Waals surface area contributed by atoms with Crippen molar-refractivity contribution in [2.75, 3.05) is 0 Å². The molecule has 2 aromatic rings. The third kappa shape index (κ3) is 2.49. The second kappa shape index (κ2) is 5.67. The van der Waals surface area contributed by atoms with Crippen molar-refractivity contribution in [2.24, 2.45) is 0 Å². The summed E-state index contributed by atoms with van der Waals surface area (Å²) in [5.41, 5.74) is 1.97. The van der Waals surface area contributed by atoms with Crippen molar-refractivity contribution in [1.29, 1.82) is 0 Å². The Morgan fingerprint density at radius 2 is 2.00 bits per heavy atom. The summed E-state index contributed by atoms with van der Waals surface area (Å²) in [6, 6.07) is 10.0. The summed E-state index contributed by atoms with van der Waals surface area (Å²) in [5, 5.41) is 14.8. The summed E-state index contributed by atoms with van der Waals surface area (Å²) in [5.74, 6) is 0.0319. The minimum absolute atomic E-state index is 0.0319. The minimum atomic E-state index is -0.566. The standard InChI is InChI=1S/C14H17BrN2O/c1-3-17-13(12(15)9-16-17)14(18)10(2)11-7-5-4-6-8-11/h4-10,14,18H,3H2,1-2H3. The number of rotatable bonds is 4. The predicted molar refractivity (Wildman–Crippen MR) is 75.4 cm³/mol. The Hall–Kier alpha value is -1.13. The van der Waals surface area contributed by atoms with Gasteiger partial charge in [0.25, 0.3) is 0 Å². The fourth-order valence-electron chi connectivity index (χ4n) is 2.09. The van der Waals surface area contributed by atoms with Gasteiger partial charge in [0.1, 0.15) is 6.10 Å². The zero-order valence-electron chi connectivity index (χ0n) is 10.5. The van der Waals surface area contributed by atoms with E-state index in [9.17, 15) is 5.11 Å². The largest absolute Gasteiger partial charge is 0.386 e. The first-order valence-electron chi connectivity index (χ1n) is 6.09. The van der Waals surface area contributed by atoms with Crippen LogP contribution in [0.1, 0.15) is 37.1 Å². The molecular weight excluding hydrogens is 292 g/mol. The van der Waals surface area contributed by atoms with Crippen molar-refractivity contribution < 1.29 is 5.11 Å². The van der Waals surface area contributed by atoms with Gasteiger partial charge in [0, 0.05) is 12.5 Å². The molecule has 1 heterocycles. The maximum absolute atomic E-state index is 10.5. The van der Waals surface area contributed by atoms with E-state index < -0.39 is 6.10 Å². The third-order valence-corrected chi connectivity index (χ3v) is 3.82. The van der Waals surface area contributed by atoms with E-state index in [2.05, 4.69) is 21.0 Å². The summed E-state index contributed by atoms with van der Waals surface area (Å²) in [4.78, 5) is 0. The Balaban J connectivity index is 2.31. The molecule has 1 aromatic carbocycles. The number of hydrogen-bond acceptors (Lipinski definition) is 2. The molecule has 0 bridgehead atoms. The molecule has 0 aliphatic rings. The van der Waals surface area contributed by atoms with Crippen LogP contribution in [0, 0.1) is 0 Å². The minimum Gasteiger partial charge on any atom is -0.386 e. The van der Waals surface area contributed by atoms with Crippen molar-refractivity contribution in [3.05, 3.63) is 52.3 Å². The van der Waals surface area contributed by atoms with Gasteiger partial charge in [-0.1, -0.05) is 37.3 Å². The second-order valence-corrected chi connectivity index (χ2v) is 5.19. The first-order valence-corrected chi connectivity index (χ1v) is 6.88. The lowest BCUT2D eigenvalue weighted by atomic mass is 9.93. The Kier molecular flexibility index (Phi) is 4.19. The predicted octanol–water partition coefficient (Wildman–Crippen LogP) is 3.50. The highest BCUT2D eigenvalue weighted by Gasteiger charge is 2.24. The van der Waals surface area contributed by atoms with E-state index in [0.29, 0.717) is 0 Å². The number of nitrogens with zero attached hydrogens (tertiary/aromatic N) is 2. The van der Waals surface area contributed by atoms with Crippen LogP contribution in [0.5, 0.6) is 0 Å². The van der Waals surface area contributed by atoms with E-state index in [1.165, 1.54) is 0 Å². The number of aromatic nitrogens is 2. The third-order valence-electron chi connectivity index (χ3n) is 3.21. The Morgan fingerprint density at radius 3 is 2.61 bits per heavy atom. The lowest BCUT2D eigenvalue weighted by Gasteiger charge is -2.20. The highest BCUT2D eigenvalue weighted by atomic mass is 79.9. The van der Waals surface area contributed by atoms with Gasteiger partial charge in [-0.2, -0.15) is 5.10 Å². The highest BCUT2D eigenvalue weighted by molar-refractivity contribution is 9.10. The van der Waals surface area contributed by atoms with Gasteiger partial charge >= 0.3 is 0 Å². The van der Waals surface area contributed by atoms with Crippen LogP contribution in [0.2, 0.25) is 0 Å². The molecule has 2 rings (SSSR count). The second-order valence-electron chi connectivity index (χ2n) is 4.34. The number of benzene rings is 1. The molecule has 0 saturated heterocycles. The Labute approximate surface area is 116 Å². The van der Waals surface area contributed by atoms with Crippen LogP contribution in [0.15, 0.2) is 41.0 Å². The monoisotopic (exact) mass is 308 g/mol. The number of hydrogen-bond donors (Lipinski definition) is 1. The SMILES string of the molecule is CCn1ncc(Br)c1C(O)C(C)c1ccccc1. The van der Waals surface area contributed by atoms with E-state index in [4.69, 9.17) is 0 Å². The van der Waals surface area contributed by atoms with Crippen molar-refractivity contribution >= 4 is 15.9 Å². The Bertz CT molecular complexity index is 510. The van der Waals surface area contributed by atoms with Crippen molar-refractivity contribution in [3.8, 4) is 0 Å². The molecule has 96 valence electrons. The van der Waals surface area contributed by atoms with Crippen LogP contribution < -0.4 is 0 Å². The van der Waals surface area contributed by atoms with Crippen molar-refractivity contribution in [2.45, 2.75) is 32.4 Å². The number of halogens is 1. The van der Waals surface area contributed by atoms with E-state index in [1.807, 2.05) is 48.9 Å². The summed E-state index contributed by atoms with van der Waals surface area (Å²) in [7, 11) is 0. The molecule has 0 fully saturated rings. The lowest BCUT2D eigenvalue weighted by Crippen LogP contribution is -2.14. The molecular formula is C14H17BrN2O. The van der Waals surface area contributed by atoms with Gasteiger partial charge in [0.15, 0.2) is 0 Å². The van der Waals surface area contributed by atoms with E-state index in [0.717, 1.165) is 22.3 Å². The van der Waals surface area contributed by atoms with Crippen LogP contribution in [-0.2, 0) is 6.54 Å². The first kappa shape index (κ1) is 13.3. The quantitative estimate of drug-likeness (QED) is 0.938. The van der Waals surface area contributed by atoms with Gasteiger partial charge in [0.2, 0.25) is 0 Å². The van der Waals surface area contributed by atoms with Gasteiger partial charge < -0.3 is 5.11 Å². The van der Waals surface area contributed by atoms with Crippen molar-refractivity contribution in [1.82, 2.24) is 9.78 Å². The Morgan fingerprint density at radius 1 is 1.33 bits per heavy atom. The topological polar surface area (TPSA) is 38.0 Å². The first-order chi connectivity index (χ1) is 8.65. The summed E-state index contributed by atoms with van der Waals surface area (Å²) in [6.45, 7) is 4.79. The van der Waals surface area contributed by atoms with Gasteiger partial charge in [-0.15, -0.1) is 0 Å². The molecule has 0 aliphatic carbocycles. The van der Waals surface area contributed by atoms with Crippen LogP contribution in [-0.4, -0.2) is 14.9 Å². The summed E-state index contributed by atoms with van der Waals surface area (Å²) < 4.78 is 2.69. The maximum atomic E-state index is 10.5. The normalized spacial score (nSPS) is 14.4. The molecule has 0 aliphatic heterocycles. The molecule has 2 atom stereocenters. The van der Waals surface area contributed by atoms with Crippen molar-refractivity contribution in [3.63, 3.8) is 0 Å². The van der Waals surface area contributed by atoms with Gasteiger partial charge in [-0.05, 0) is 28.4 Å². The zero-order valence-corrected chi connectivity index (χ0v) is 12.1. The molecule has 2 unspecified atom stereocenters. The molecule has 0 saturated carbocycles. The van der Waals surface area contributed by atoms with E-state index in [-0.39, 0.29) is 5.92 Å². The average Bonchev–Trinajstić information content (AvgIpc) is 2.79. The van der Waals surface area contributed by atoms with Crippen LogP contribution >= 0.6 is 15.9 Å². The molecule has 3 nitrogen and oxygen atoms in total. The van der Waals surface area contributed by atoms with Gasteiger partial charge in [-0.3, -0.25) is 4.68 Å². The van der Waals surface area contributed by atoms with Crippen LogP contribution in [0.25, 0.3) is 0 Å².